The molecule has 1 aromatic carbocycles. The zero-order chi connectivity index (χ0) is 20.6. The van der Waals surface area contributed by atoms with Gasteiger partial charge in [-0.25, -0.2) is 0 Å². The highest BCUT2D eigenvalue weighted by atomic mass is 35.5. The summed E-state index contributed by atoms with van der Waals surface area (Å²) < 4.78 is 0. The maximum absolute atomic E-state index is 6.11. The van der Waals surface area contributed by atoms with Gasteiger partial charge in [-0.3, -0.25) is 15.0 Å². The lowest BCUT2D eigenvalue weighted by Crippen LogP contribution is -2.53. The van der Waals surface area contributed by atoms with E-state index in [9.17, 15) is 0 Å². The minimum Gasteiger partial charge on any atom is -0.364 e. The van der Waals surface area contributed by atoms with Crippen LogP contribution in [0.15, 0.2) is 60.4 Å². The average Bonchev–Trinajstić information content (AvgIpc) is 3.43. The monoisotopic (exact) mass is 437 g/mol. The summed E-state index contributed by atoms with van der Waals surface area (Å²) in [7, 11) is 0. The fourth-order valence-corrected chi connectivity index (χ4v) is 5.42. The van der Waals surface area contributed by atoms with Crippen LogP contribution in [0.3, 0.4) is 0 Å². The van der Waals surface area contributed by atoms with E-state index in [0.717, 1.165) is 47.8 Å². The predicted octanol–water partition coefficient (Wildman–Crippen LogP) is 5.45. The molecule has 0 amide bonds. The van der Waals surface area contributed by atoms with Crippen LogP contribution in [0.1, 0.15) is 31.4 Å². The Hall–Kier alpha value is -2.28. The third-order valence-corrected chi connectivity index (χ3v) is 7.46. The Labute approximate surface area is 185 Å². The van der Waals surface area contributed by atoms with Crippen molar-refractivity contribution >= 4 is 23.4 Å². The second-order valence-corrected chi connectivity index (χ2v) is 9.65. The number of hydrogen-bond donors (Lipinski definition) is 2. The highest BCUT2D eigenvalue weighted by Gasteiger charge is 2.37. The van der Waals surface area contributed by atoms with E-state index in [4.69, 9.17) is 16.7 Å². The molecule has 154 valence electrons. The lowest BCUT2D eigenvalue weighted by molar-refractivity contribution is 0.127. The van der Waals surface area contributed by atoms with Crippen molar-refractivity contribution in [3.63, 3.8) is 0 Å². The maximum atomic E-state index is 6.11. The fraction of sp³-hybridized carbons (Fsp3) is 0.304. The van der Waals surface area contributed by atoms with Gasteiger partial charge in [0.25, 0.3) is 0 Å². The summed E-state index contributed by atoms with van der Waals surface area (Å²) in [6.45, 7) is 4.36. The smallest absolute Gasteiger partial charge is 0.140 e. The number of H-pyrrole nitrogens is 1. The zero-order valence-corrected chi connectivity index (χ0v) is 18.4. The third kappa shape index (κ3) is 3.64. The molecule has 7 heteroatoms. The molecule has 0 saturated carbocycles. The van der Waals surface area contributed by atoms with E-state index in [2.05, 4.69) is 44.8 Å². The predicted molar refractivity (Wildman–Crippen MR) is 124 cm³/mol. The Morgan fingerprint density at radius 1 is 1.07 bits per heavy atom. The lowest BCUT2D eigenvalue weighted by atomic mass is 9.87. The maximum Gasteiger partial charge on any atom is 0.140 e. The Morgan fingerprint density at radius 3 is 2.47 bits per heavy atom. The van der Waals surface area contributed by atoms with Crippen LogP contribution in [-0.4, -0.2) is 38.2 Å². The van der Waals surface area contributed by atoms with Gasteiger partial charge in [0.05, 0.1) is 0 Å². The molecule has 5 rings (SSSR count). The van der Waals surface area contributed by atoms with E-state index >= 15 is 0 Å². The van der Waals surface area contributed by atoms with Crippen molar-refractivity contribution < 1.29 is 0 Å². The molecule has 4 heterocycles. The van der Waals surface area contributed by atoms with Gasteiger partial charge in [-0.2, -0.15) is 5.10 Å². The molecule has 5 nitrogen and oxygen atoms in total. The molecule has 2 aliphatic rings. The molecule has 0 aliphatic carbocycles. The largest absolute Gasteiger partial charge is 0.364 e. The molecule has 0 bridgehead atoms. The quantitative estimate of drug-likeness (QED) is 0.568. The standard InChI is InChI=1S/C23H24ClN5S/c1-23(26-12-15-30-23)29-13-8-18(9-14-29)22-20(16-6-10-25-11-7-16)21(27-28-22)17-2-4-19(24)5-3-17/h2-7,10-12,15,18,26H,8-9,13-14H2,1H3,(H,27,28). The summed E-state index contributed by atoms with van der Waals surface area (Å²) in [6.07, 6.45) is 7.93. The van der Waals surface area contributed by atoms with Crippen LogP contribution in [0.4, 0.5) is 0 Å². The van der Waals surface area contributed by atoms with Crippen LogP contribution in [-0.2, 0) is 0 Å². The minimum atomic E-state index is -0.0264. The highest BCUT2D eigenvalue weighted by Crippen LogP contribution is 2.42. The van der Waals surface area contributed by atoms with Gasteiger partial charge in [0, 0.05) is 59.4 Å². The number of rotatable bonds is 4. The van der Waals surface area contributed by atoms with Crippen LogP contribution in [0.5, 0.6) is 0 Å². The molecule has 2 aromatic heterocycles. The second kappa shape index (κ2) is 8.10. The summed E-state index contributed by atoms with van der Waals surface area (Å²) in [6, 6.07) is 12.0. The number of thioether (sulfide) groups is 1. The van der Waals surface area contributed by atoms with Crippen molar-refractivity contribution in [3.8, 4) is 22.4 Å². The molecule has 30 heavy (non-hydrogen) atoms. The van der Waals surface area contributed by atoms with Crippen LogP contribution < -0.4 is 5.32 Å². The van der Waals surface area contributed by atoms with Gasteiger partial charge < -0.3 is 5.32 Å². The van der Waals surface area contributed by atoms with Gasteiger partial charge in [-0.05, 0) is 55.0 Å². The minimum absolute atomic E-state index is 0.0264. The first-order chi connectivity index (χ1) is 14.6. The second-order valence-electron chi connectivity index (χ2n) is 7.91. The number of halogens is 1. The van der Waals surface area contributed by atoms with Crippen molar-refractivity contribution in [1.29, 1.82) is 0 Å². The summed E-state index contributed by atoms with van der Waals surface area (Å²) in [5.74, 6) is 0.445. The van der Waals surface area contributed by atoms with E-state index < -0.39 is 0 Å². The molecule has 1 fully saturated rings. The van der Waals surface area contributed by atoms with E-state index in [1.807, 2.05) is 54.6 Å². The molecular formula is C23H24ClN5S. The van der Waals surface area contributed by atoms with Crippen LogP contribution in [0.2, 0.25) is 5.02 Å². The van der Waals surface area contributed by atoms with Gasteiger partial charge in [0.15, 0.2) is 0 Å². The van der Waals surface area contributed by atoms with Gasteiger partial charge in [-0.1, -0.05) is 35.5 Å². The number of piperidine rings is 1. The Morgan fingerprint density at radius 2 is 1.80 bits per heavy atom. The number of aromatic amines is 1. The summed E-state index contributed by atoms with van der Waals surface area (Å²) in [4.78, 5) is 6.72. The molecule has 1 saturated heterocycles. The fourth-order valence-electron chi connectivity index (χ4n) is 4.43. The summed E-state index contributed by atoms with van der Waals surface area (Å²) in [5, 5.41) is 14.5. The van der Waals surface area contributed by atoms with Gasteiger partial charge in [0.2, 0.25) is 0 Å². The number of nitrogens with one attached hydrogen (secondary N) is 2. The Kier molecular flexibility index (Phi) is 5.31. The van der Waals surface area contributed by atoms with Crippen LogP contribution >= 0.6 is 23.4 Å². The first-order valence-electron chi connectivity index (χ1n) is 10.2. The Bertz CT molecular complexity index is 1030. The first kappa shape index (κ1) is 19.7. The first-order valence-corrected chi connectivity index (χ1v) is 11.5. The topological polar surface area (TPSA) is 56.8 Å². The van der Waals surface area contributed by atoms with E-state index in [0.29, 0.717) is 5.92 Å². The number of benzene rings is 1. The SMILES string of the molecule is CC1(N2CCC(c3[nH]nc(-c4ccc(Cl)cc4)c3-c3ccncc3)CC2)NC=CS1. The molecule has 1 atom stereocenters. The van der Waals surface area contributed by atoms with Crippen molar-refractivity contribution in [2.45, 2.75) is 30.7 Å². The van der Waals surface area contributed by atoms with E-state index in [1.54, 1.807) is 0 Å². The van der Waals surface area contributed by atoms with E-state index in [1.165, 1.54) is 11.3 Å². The van der Waals surface area contributed by atoms with Gasteiger partial charge in [0.1, 0.15) is 10.7 Å². The van der Waals surface area contributed by atoms with Crippen molar-refractivity contribution in [3.05, 3.63) is 71.1 Å². The average molecular weight is 438 g/mol. The molecule has 2 N–H and O–H groups in total. The molecule has 1 unspecified atom stereocenters. The van der Waals surface area contributed by atoms with Gasteiger partial charge >= 0.3 is 0 Å². The van der Waals surface area contributed by atoms with Gasteiger partial charge in [-0.15, -0.1) is 0 Å². The van der Waals surface area contributed by atoms with Crippen molar-refractivity contribution in [2.75, 3.05) is 13.1 Å². The molecular weight excluding hydrogens is 414 g/mol. The third-order valence-electron chi connectivity index (χ3n) is 6.10. The van der Waals surface area contributed by atoms with Crippen molar-refractivity contribution in [2.24, 2.45) is 0 Å². The molecule has 2 aliphatic heterocycles. The van der Waals surface area contributed by atoms with Crippen molar-refractivity contribution in [1.82, 2.24) is 25.4 Å². The molecule has 0 radical (unpaired) electrons. The van der Waals surface area contributed by atoms with Crippen LogP contribution in [0.25, 0.3) is 22.4 Å². The summed E-state index contributed by atoms with van der Waals surface area (Å²) >= 11 is 7.96. The molecule has 3 aromatic rings. The number of likely N-dealkylation sites (tertiary alicyclic amines) is 1. The lowest BCUT2D eigenvalue weighted by Gasteiger charge is -2.42. The number of pyridine rings is 1. The molecule has 0 spiro atoms. The van der Waals surface area contributed by atoms with Crippen LogP contribution in [0, 0.1) is 0 Å². The number of hydrogen-bond acceptors (Lipinski definition) is 5. The number of aromatic nitrogens is 3. The Balaban J connectivity index is 1.46. The van der Waals surface area contributed by atoms with E-state index in [-0.39, 0.29) is 4.99 Å². The summed E-state index contributed by atoms with van der Waals surface area (Å²) in [5.41, 5.74) is 5.58. The number of nitrogens with zero attached hydrogens (tertiary/aromatic N) is 3. The normalized spacial score (nSPS) is 22.3. The zero-order valence-electron chi connectivity index (χ0n) is 16.8. The highest BCUT2D eigenvalue weighted by molar-refractivity contribution is 8.03.